The molecule has 1 amide bonds. The molecule has 154 valence electrons. The van der Waals surface area contributed by atoms with Crippen LogP contribution in [-0.4, -0.2) is 70.0 Å². The van der Waals surface area contributed by atoms with Gasteiger partial charge in [0.05, 0.1) is 12.5 Å². The van der Waals surface area contributed by atoms with Crippen molar-refractivity contribution in [2.75, 3.05) is 26.2 Å². The summed E-state index contributed by atoms with van der Waals surface area (Å²) in [4.78, 5) is 32.1. The number of rotatable bonds is 8. The summed E-state index contributed by atoms with van der Waals surface area (Å²) in [6.45, 7) is 5.55. The number of carboxylic acid groups (broad SMARTS) is 1. The molecule has 2 rings (SSSR count). The maximum Gasteiger partial charge on any atom is 0.305 e. The van der Waals surface area contributed by atoms with Crippen LogP contribution in [0.25, 0.3) is 0 Å². The van der Waals surface area contributed by atoms with E-state index in [1.54, 1.807) is 11.1 Å². The second kappa shape index (κ2) is 12.9. The first-order valence-corrected chi connectivity index (χ1v) is 8.91. The lowest BCUT2D eigenvalue weighted by Crippen LogP contribution is -2.53. The minimum atomic E-state index is -1.05. The first kappa shape index (κ1) is 25.6. The van der Waals surface area contributed by atoms with Gasteiger partial charge in [-0.2, -0.15) is 0 Å². The van der Waals surface area contributed by atoms with Crippen LogP contribution in [0.15, 0.2) is 24.4 Å². The number of halogens is 2. The zero-order valence-corrected chi connectivity index (χ0v) is 17.3. The quantitative estimate of drug-likeness (QED) is 0.661. The van der Waals surface area contributed by atoms with Gasteiger partial charge in [0.15, 0.2) is 0 Å². The third-order valence-electron chi connectivity index (χ3n) is 4.77. The van der Waals surface area contributed by atoms with E-state index in [1.807, 2.05) is 18.2 Å². The number of aliphatic carboxylic acids is 1. The zero-order chi connectivity index (χ0) is 18.2. The summed E-state index contributed by atoms with van der Waals surface area (Å²) in [6.07, 6.45) is 3.81. The first-order valence-electron chi connectivity index (χ1n) is 8.91. The molecule has 1 fully saturated rings. The number of hydrogen-bond acceptors (Lipinski definition) is 5. The summed E-state index contributed by atoms with van der Waals surface area (Å²) in [7, 11) is 0. The van der Waals surface area contributed by atoms with E-state index in [0.717, 1.165) is 38.2 Å². The first-order chi connectivity index (χ1) is 12.0. The molecular weight excluding hydrogens is 391 g/mol. The van der Waals surface area contributed by atoms with Gasteiger partial charge in [-0.1, -0.05) is 13.0 Å². The van der Waals surface area contributed by atoms with Crippen molar-refractivity contribution in [3.8, 4) is 0 Å². The maximum absolute atomic E-state index is 12.8. The molecule has 1 aliphatic rings. The Bertz CT molecular complexity index is 569. The molecule has 2 heterocycles. The average molecular weight is 421 g/mol. The molecule has 1 saturated heterocycles. The Morgan fingerprint density at radius 3 is 2.52 bits per heavy atom. The van der Waals surface area contributed by atoms with E-state index in [9.17, 15) is 9.59 Å². The van der Waals surface area contributed by atoms with Gasteiger partial charge in [-0.15, -0.1) is 24.8 Å². The number of aromatic nitrogens is 1. The van der Waals surface area contributed by atoms with Gasteiger partial charge in [0.1, 0.15) is 0 Å². The Balaban J connectivity index is 0.00000338. The predicted octanol–water partition coefficient (Wildman–Crippen LogP) is 1.58. The molecule has 9 heteroatoms. The van der Waals surface area contributed by atoms with Crippen LogP contribution in [0.1, 0.15) is 31.9 Å². The fourth-order valence-corrected chi connectivity index (χ4v) is 3.29. The van der Waals surface area contributed by atoms with Crippen molar-refractivity contribution in [2.24, 2.45) is 5.73 Å². The Morgan fingerprint density at radius 2 is 2.00 bits per heavy atom. The van der Waals surface area contributed by atoms with Gasteiger partial charge in [-0.05, 0) is 31.5 Å². The maximum atomic E-state index is 12.8. The lowest BCUT2D eigenvalue weighted by Gasteiger charge is -2.39. The third-order valence-corrected chi connectivity index (χ3v) is 4.77. The second-order valence-electron chi connectivity index (χ2n) is 6.47. The van der Waals surface area contributed by atoms with Crippen molar-refractivity contribution in [3.05, 3.63) is 30.1 Å². The molecule has 7 nitrogen and oxygen atoms in total. The molecule has 0 spiro atoms. The summed E-state index contributed by atoms with van der Waals surface area (Å²) < 4.78 is 0. The number of hydrogen-bond donors (Lipinski definition) is 2. The van der Waals surface area contributed by atoms with Gasteiger partial charge in [0.2, 0.25) is 5.91 Å². The number of likely N-dealkylation sites (tertiary alicyclic amines) is 1. The fourth-order valence-electron chi connectivity index (χ4n) is 3.29. The van der Waals surface area contributed by atoms with Gasteiger partial charge >= 0.3 is 5.97 Å². The molecule has 27 heavy (non-hydrogen) atoms. The normalized spacial score (nSPS) is 15.9. The van der Waals surface area contributed by atoms with Crippen LogP contribution in [0.3, 0.4) is 0 Å². The number of nitrogens with zero attached hydrogens (tertiary/aromatic N) is 3. The molecule has 0 aromatic carbocycles. The van der Waals surface area contributed by atoms with Gasteiger partial charge in [-0.25, -0.2) is 0 Å². The minimum Gasteiger partial charge on any atom is -0.481 e. The SMILES string of the molecule is CCN1CCC(N(CCc2ccccn2)C(=O)[C@@H](N)CC(=O)O)CC1.Cl.Cl. The Labute approximate surface area is 173 Å². The molecule has 0 radical (unpaired) electrons. The van der Waals surface area contributed by atoms with Crippen LogP contribution in [-0.2, 0) is 16.0 Å². The van der Waals surface area contributed by atoms with Crippen LogP contribution < -0.4 is 5.73 Å². The fraction of sp³-hybridized carbons (Fsp3) is 0.611. The number of carboxylic acids is 1. The van der Waals surface area contributed by atoms with Gasteiger partial charge in [0.25, 0.3) is 0 Å². The van der Waals surface area contributed by atoms with E-state index in [2.05, 4.69) is 16.8 Å². The lowest BCUT2D eigenvalue weighted by molar-refractivity contribution is -0.143. The molecule has 1 aromatic heterocycles. The molecule has 1 atom stereocenters. The molecular formula is C18H30Cl2N4O3. The highest BCUT2D eigenvalue weighted by Gasteiger charge is 2.31. The second-order valence-corrected chi connectivity index (χ2v) is 6.47. The molecule has 0 unspecified atom stereocenters. The summed E-state index contributed by atoms with van der Waals surface area (Å²) in [5, 5.41) is 8.93. The van der Waals surface area contributed by atoms with Crippen molar-refractivity contribution >= 4 is 36.7 Å². The van der Waals surface area contributed by atoms with Crippen molar-refractivity contribution in [3.63, 3.8) is 0 Å². The summed E-state index contributed by atoms with van der Waals surface area (Å²) in [5.41, 5.74) is 6.76. The van der Waals surface area contributed by atoms with Gasteiger partial charge < -0.3 is 20.6 Å². The smallest absolute Gasteiger partial charge is 0.305 e. The van der Waals surface area contributed by atoms with Gasteiger partial charge in [-0.3, -0.25) is 14.6 Å². The highest BCUT2D eigenvalue weighted by molar-refractivity contribution is 5.86. The van der Waals surface area contributed by atoms with Crippen molar-refractivity contribution in [1.82, 2.24) is 14.8 Å². The number of carbonyl (C=O) groups is 2. The molecule has 1 aromatic rings. The summed E-state index contributed by atoms with van der Waals surface area (Å²) >= 11 is 0. The van der Waals surface area contributed by atoms with Crippen molar-refractivity contribution < 1.29 is 14.7 Å². The van der Waals surface area contributed by atoms with Crippen LogP contribution in [0.5, 0.6) is 0 Å². The molecule has 0 bridgehead atoms. The number of piperidine rings is 1. The van der Waals surface area contributed by atoms with Crippen LogP contribution in [0.2, 0.25) is 0 Å². The van der Waals surface area contributed by atoms with E-state index in [1.165, 1.54) is 0 Å². The Kier molecular flexibility index (Phi) is 12.2. The summed E-state index contributed by atoms with van der Waals surface area (Å²) in [5.74, 6) is -1.32. The van der Waals surface area contributed by atoms with Crippen molar-refractivity contribution in [1.29, 1.82) is 0 Å². The zero-order valence-electron chi connectivity index (χ0n) is 15.6. The topological polar surface area (TPSA) is 99.8 Å². The number of pyridine rings is 1. The Hall–Kier alpha value is -1.41. The van der Waals surface area contributed by atoms with E-state index in [-0.39, 0.29) is 43.2 Å². The number of amides is 1. The average Bonchev–Trinajstić information content (AvgIpc) is 2.62. The third kappa shape index (κ3) is 8.01. The monoisotopic (exact) mass is 420 g/mol. The summed E-state index contributed by atoms with van der Waals surface area (Å²) in [6, 6.07) is 4.82. The largest absolute Gasteiger partial charge is 0.481 e. The Morgan fingerprint density at radius 1 is 1.33 bits per heavy atom. The molecule has 3 N–H and O–H groups in total. The predicted molar refractivity (Wildman–Crippen MR) is 110 cm³/mol. The van der Waals surface area contributed by atoms with Crippen molar-refractivity contribution in [2.45, 2.75) is 44.7 Å². The lowest BCUT2D eigenvalue weighted by atomic mass is 10.0. The molecule has 0 aliphatic carbocycles. The van der Waals surface area contributed by atoms with E-state index >= 15 is 0 Å². The highest BCUT2D eigenvalue weighted by Crippen LogP contribution is 2.18. The number of nitrogens with two attached hydrogens (primary N) is 1. The van der Waals surface area contributed by atoms with E-state index in [0.29, 0.717) is 13.0 Å². The van der Waals surface area contributed by atoms with Crippen LogP contribution >= 0.6 is 24.8 Å². The number of carbonyl (C=O) groups excluding carboxylic acids is 1. The molecule has 0 saturated carbocycles. The van der Waals surface area contributed by atoms with E-state index < -0.39 is 12.0 Å². The van der Waals surface area contributed by atoms with Gasteiger partial charge in [0, 0.05) is 44.0 Å². The van der Waals surface area contributed by atoms with Crippen LogP contribution in [0.4, 0.5) is 0 Å². The highest BCUT2D eigenvalue weighted by atomic mass is 35.5. The standard InChI is InChI=1S/C18H28N4O3.2ClH/c1-2-21-10-7-15(8-11-21)22(18(25)16(19)13-17(23)24)12-6-14-5-3-4-9-20-14;;/h3-5,9,15-16H,2,6-8,10-13,19H2,1H3,(H,23,24);2*1H/t16-;;/m0../s1. The van der Waals surface area contributed by atoms with Crippen LogP contribution in [0, 0.1) is 0 Å². The molecule has 1 aliphatic heterocycles. The minimum absolute atomic E-state index is 0. The van der Waals surface area contributed by atoms with E-state index in [4.69, 9.17) is 10.8 Å².